The first-order chi connectivity index (χ1) is 18.0. The lowest BCUT2D eigenvalue weighted by Crippen LogP contribution is -2.14. The van der Waals surface area contributed by atoms with E-state index in [0.717, 1.165) is 37.4 Å². The summed E-state index contributed by atoms with van der Waals surface area (Å²) in [6, 6.07) is 11.1. The Balaban J connectivity index is 1.81. The van der Waals surface area contributed by atoms with Gasteiger partial charge in [-0.1, -0.05) is 24.3 Å². The highest BCUT2D eigenvalue weighted by Gasteiger charge is 2.25. The molecule has 0 unspecified atom stereocenters. The number of methoxy groups -OCH3 is 1. The third kappa shape index (κ3) is 4.84. The number of aromatic hydroxyl groups is 5. The van der Waals surface area contributed by atoms with Gasteiger partial charge in [0.05, 0.1) is 18.2 Å². The number of benzene rings is 4. The second-order valence-electron chi connectivity index (χ2n) is 7.76. The Labute approximate surface area is 221 Å². The van der Waals surface area contributed by atoms with E-state index in [0.29, 0.717) is 0 Å². The Morgan fingerprint density at radius 2 is 1.18 bits per heavy atom. The molecular formula is C26H17BrO11. The minimum atomic E-state index is -1.05. The molecule has 0 heterocycles. The van der Waals surface area contributed by atoms with Crippen LogP contribution in [0.2, 0.25) is 0 Å². The lowest BCUT2D eigenvalue weighted by Gasteiger charge is -2.16. The fraction of sp³-hybridized carbons (Fsp3) is 0.0385. The maximum absolute atomic E-state index is 12.9. The molecule has 0 fully saturated rings. The van der Waals surface area contributed by atoms with Crippen LogP contribution in [0.25, 0.3) is 10.8 Å². The molecule has 11 nitrogen and oxygen atoms in total. The summed E-state index contributed by atoms with van der Waals surface area (Å²) in [7, 11) is 1.08. The predicted molar refractivity (Wildman–Crippen MR) is 134 cm³/mol. The molecular weight excluding hydrogens is 568 g/mol. The minimum Gasteiger partial charge on any atom is -0.507 e. The van der Waals surface area contributed by atoms with Gasteiger partial charge in [0.15, 0.2) is 23.0 Å². The molecule has 38 heavy (non-hydrogen) atoms. The zero-order valence-electron chi connectivity index (χ0n) is 19.3. The zero-order chi connectivity index (χ0) is 27.7. The van der Waals surface area contributed by atoms with E-state index in [1.165, 1.54) is 12.1 Å². The van der Waals surface area contributed by atoms with Gasteiger partial charge in [-0.25, -0.2) is 14.4 Å². The maximum atomic E-state index is 12.9. The van der Waals surface area contributed by atoms with Gasteiger partial charge >= 0.3 is 17.9 Å². The molecule has 0 aliphatic carbocycles. The second kappa shape index (κ2) is 10.2. The standard InChI is InChI=1S/C26H17BrO11/c1-36-26(35)15-10-20(37-24(33)12-8-18(30)22(32)19(31)9-12)13-4-2-3-5-14(13)23(15)38-25(34)11-6-16(28)21(27)17(29)7-11/h2-10,28-32H,1H3. The largest absolute Gasteiger partial charge is 0.507 e. The quantitative estimate of drug-likeness (QED) is 0.128. The fourth-order valence-electron chi connectivity index (χ4n) is 3.52. The Morgan fingerprint density at radius 1 is 0.684 bits per heavy atom. The third-order valence-electron chi connectivity index (χ3n) is 5.34. The van der Waals surface area contributed by atoms with Gasteiger partial charge in [-0.3, -0.25) is 0 Å². The normalized spacial score (nSPS) is 10.7. The number of fused-ring (bicyclic) bond motifs is 1. The van der Waals surface area contributed by atoms with Crippen molar-refractivity contribution in [3.05, 3.63) is 75.8 Å². The van der Waals surface area contributed by atoms with Gasteiger partial charge in [-0.15, -0.1) is 0 Å². The number of hydrogen-bond acceptors (Lipinski definition) is 11. The van der Waals surface area contributed by atoms with Crippen LogP contribution in [0, 0.1) is 0 Å². The first kappa shape index (κ1) is 26.1. The molecule has 0 radical (unpaired) electrons. The summed E-state index contributed by atoms with van der Waals surface area (Å²) in [4.78, 5) is 38.3. The van der Waals surface area contributed by atoms with E-state index in [1.54, 1.807) is 12.1 Å². The van der Waals surface area contributed by atoms with Crippen molar-refractivity contribution in [2.24, 2.45) is 0 Å². The number of carbonyl (C=O) groups excluding carboxylic acids is 3. The third-order valence-corrected chi connectivity index (χ3v) is 6.15. The van der Waals surface area contributed by atoms with Crippen LogP contribution in [-0.2, 0) is 4.74 Å². The van der Waals surface area contributed by atoms with Crippen LogP contribution in [0.5, 0.6) is 40.2 Å². The number of ether oxygens (including phenoxy) is 3. The summed E-state index contributed by atoms with van der Waals surface area (Å²) in [6.45, 7) is 0. The monoisotopic (exact) mass is 584 g/mol. The van der Waals surface area contributed by atoms with Crippen molar-refractivity contribution >= 4 is 44.6 Å². The summed E-state index contributed by atoms with van der Waals surface area (Å²) in [5.41, 5.74) is -0.846. The van der Waals surface area contributed by atoms with E-state index in [2.05, 4.69) is 15.9 Å². The first-order valence-corrected chi connectivity index (χ1v) is 11.4. The van der Waals surface area contributed by atoms with E-state index < -0.39 is 46.7 Å². The molecule has 0 amide bonds. The highest BCUT2D eigenvalue weighted by Crippen LogP contribution is 2.40. The average molecular weight is 585 g/mol. The van der Waals surface area contributed by atoms with Crippen molar-refractivity contribution in [3.8, 4) is 40.2 Å². The Kier molecular flexibility index (Phi) is 7.00. The molecule has 0 atom stereocenters. The van der Waals surface area contributed by atoms with Crippen molar-refractivity contribution in [1.82, 2.24) is 0 Å². The van der Waals surface area contributed by atoms with Crippen LogP contribution < -0.4 is 9.47 Å². The number of hydrogen-bond donors (Lipinski definition) is 5. The van der Waals surface area contributed by atoms with Gasteiger partial charge in [0.1, 0.15) is 27.3 Å². The minimum absolute atomic E-state index is 0.0313. The summed E-state index contributed by atoms with van der Waals surface area (Å²) in [6.07, 6.45) is 0. The average Bonchev–Trinajstić information content (AvgIpc) is 2.90. The first-order valence-electron chi connectivity index (χ1n) is 10.6. The lowest BCUT2D eigenvalue weighted by atomic mass is 10.0. The number of rotatable bonds is 5. The Morgan fingerprint density at radius 3 is 1.74 bits per heavy atom. The number of esters is 3. The molecule has 0 spiro atoms. The van der Waals surface area contributed by atoms with Gasteiger partial charge in [0.2, 0.25) is 0 Å². The molecule has 0 bridgehead atoms. The van der Waals surface area contributed by atoms with E-state index in [9.17, 15) is 39.9 Å². The molecule has 4 rings (SSSR count). The Bertz CT molecular complexity index is 1580. The highest BCUT2D eigenvalue weighted by molar-refractivity contribution is 9.10. The van der Waals surface area contributed by atoms with E-state index in [1.807, 2.05) is 0 Å². The molecule has 4 aromatic carbocycles. The fourth-order valence-corrected chi connectivity index (χ4v) is 3.74. The second-order valence-corrected chi connectivity index (χ2v) is 8.55. The zero-order valence-corrected chi connectivity index (χ0v) is 20.8. The summed E-state index contributed by atoms with van der Waals surface area (Å²) < 4.78 is 15.7. The number of phenols is 5. The molecule has 0 aliphatic rings. The summed E-state index contributed by atoms with van der Waals surface area (Å²) >= 11 is 2.96. The van der Waals surface area contributed by atoms with Crippen molar-refractivity contribution in [1.29, 1.82) is 0 Å². The Hall–Kier alpha value is -4.97. The van der Waals surface area contributed by atoms with Crippen LogP contribution in [0.3, 0.4) is 0 Å². The van der Waals surface area contributed by atoms with Gasteiger partial charge in [-0.2, -0.15) is 0 Å². The predicted octanol–water partition coefficient (Wildman–Crippen LogP) is 4.36. The highest BCUT2D eigenvalue weighted by atomic mass is 79.9. The van der Waals surface area contributed by atoms with E-state index >= 15 is 0 Å². The smallest absolute Gasteiger partial charge is 0.343 e. The molecule has 12 heteroatoms. The molecule has 0 aliphatic heterocycles. The number of carbonyl (C=O) groups is 3. The van der Waals surface area contributed by atoms with Crippen LogP contribution in [0.1, 0.15) is 31.1 Å². The van der Waals surface area contributed by atoms with E-state index in [4.69, 9.17) is 14.2 Å². The maximum Gasteiger partial charge on any atom is 0.343 e. The van der Waals surface area contributed by atoms with Crippen molar-refractivity contribution in [2.75, 3.05) is 7.11 Å². The molecule has 0 saturated carbocycles. The molecule has 0 aromatic heterocycles. The van der Waals surface area contributed by atoms with Gasteiger partial charge in [0, 0.05) is 10.8 Å². The molecule has 0 saturated heterocycles. The SMILES string of the molecule is COC(=O)c1cc(OC(=O)c2cc(O)c(O)c(O)c2)c2ccccc2c1OC(=O)c1cc(O)c(Br)c(O)c1. The van der Waals surface area contributed by atoms with Crippen LogP contribution in [0.4, 0.5) is 0 Å². The molecule has 5 N–H and O–H groups in total. The van der Waals surface area contributed by atoms with Gasteiger partial charge in [-0.05, 0) is 46.3 Å². The van der Waals surface area contributed by atoms with Crippen molar-refractivity contribution < 1.29 is 54.1 Å². The van der Waals surface area contributed by atoms with Crippen molar-refractivity contribution in [3.63, 3.8) is 0 Å². The van der Waals surface area contributed by atoms with Crippen LogP contribution in [0.15, 0.2) is 59.1 Å². The number of phenolic OH excluding ortho intramolecular Hbond substituents is 5. The van der Waals surface area contributed by atoms with Gasteiger partial charge < -0.3 is 39.7 Å². The summed E-state index contributed by atoms with van der Waals surface area (Å²) in [5, 5.41) is 49.2. The van der Waals surface area contributed by atoms with Crippen LogP contribution >= 0.6 is 15.9 Å². The topological polar surface area (TPSA) is 180 Å². The molecule has 4 aromatic rings. The van der Waals surface area contributed by atoms with Crippen molar-refractivity contribution in [2.45, 2.75) is 0 Å². The van der Waals surface area contributed by atoms with E-state index in [-0.39, 0.29) is 43.4 Å². The summed E-state index contributed by atoms with van der Waals surface area (Å²) in [5.74, 6) is -6.63. The molecule has 194 valence electrons. The lowest BCUT2D eigenvalue weighted by molar-refractivity contribution is 0.0590. The van der Waals surface area contributed by atoms with Gasteiger partial charge in [0.25, 0.3) is 0 Å². The number of halogens is 1. The van der Waals surface area contributed by atoms with Crippen LogP contribution in [-0.4, -0.2) is 50.6 Å².